The van der Waals surface area contributed by atoms with Crippen LogP contribution in [0.3, 0.4) is 0 Å². The largest absolute Gasteiger partial charge is 0.481 e. The molecule has 4 atom stereocenters. The van der Waals surface area contributed by atoms with E-state index >= 15 is 0 Å². The van der Waals surface area contributed by atoms with Crippen molar-refractivity contribution < 1.29 is 34.2 Å². The third kappa shape index (κ3) is 13.0. The lowest BCUT2D eigenvalue weighted by Crippen LogP contribution is -2.57. The summed E-state index contributed by atoms with van der Waals surface area (Å²) < 4.78 is 0. The Morgan fingerprint density at radius 1 is 0.848 bits per heavy atom. The highest BCUT2D eigenvalue weighted by Crippen LogP contribution is 2.08. The van der Waals surface area contributed by atoms with E-state index < -0.39 is 53.8 Å². The van der Waals surface area contributed by atoms with Gasteiger partial charge in [-0.2, -0.15) is 12.6 Å². The van der Waals surface area contributed by atoms with Crippen molar-refractivity contribution in [3.8, 4) is 0 Å². The Hall–Kier alpha value is -2.38. The molecule has 0 aliphatic heterocycles. The lowest BCUT2D eigenvalue weighted by atomic mass is 10.0. The monoisotopic (exact) mass is 491 g/mol. The molecule has 0 rings (SSSR count). The fraction of sp³-hybridized carbons (Fsp3) is 0.750. The van der Waals surface area contributed by atoms with Crippen molar-refractivity contribution in [3.05, 3.63) is 0 Å². The average molecular weight is 492 g/mol. The molecule has 13 heteroatoms. The number of carbonyl (C=O) groups is 5. The highest BCUT2D eigenvalue weighted by atomic mass is 32.1. The summed E-state index contributed by atoms with van der Waals surface area (Å²) in [6, 6.07) is -4.41. The summed E-state index contributed by atoms with van der Waals surface area (Å²) in [6.07, 6.45) is 1.15. The van der Waals surface area contributed by atoms with Crippen LogP contribution in [0.25, 0.3) is 0 Å². The molecule has 0 aromatic heterocycles. The number of carbonyl (C=O) groups excluding carboxylic acids is 3. The molecule has 12 nitrogen and oxygen atoms in total. The zero-order valence-electron chi connectivity index (χ0n) is 19.1. The van der Waals surface area contributed by atoms with Crippen molar-refractivity contribution in [3.63, 3.8) is 0 Å². The Morgan fingerprint density at radius 2 is 1.39 bits per heavy atom. The molecular formula is C20H37N5O7S. The zero-order chi connectivity index (χ0) is 25.6. The van der Waals surface area contributed by atoms with E-state index in [4.69, 9.17) is 16.6 Å². The molecule has 3 amide bonds. The first-order valence-corrected chi connectivity index (χ1v) is 11.5. The van der Waals surface area contributed by atoms with E-state index in [1.54, 1.807) is 0 Å². The molecule has 33 heavy (non-hydrogen) atoms. The molecule has 0 spiro atoms. The highest BCUT2D eigenvalue weighted by Gasteiger charge is 2.30. The number of carboxylic acids is 2. The van der Waals surface area contributed by atoms with Crippen LogP contribution in [0.2, 0.25) is 0 Å². The Kier molecular flexibility index (Phi) is 15.1. The van der Waals surface area contributed by atoms with Gasteiger partial charge < -0.3 is 37.6 Å². The minimum atomic E-state index is -1.19. The van der Waals surface area contributed by atoms with Crippen LogP contribution in [-0.4, -0.2) is 76.3 Å². The summed E-state index contributed by atoms with van der Waals surface area (Å²) in [6.45, 7) is 4.08. The second-order valence-corrected chi connectivity index (χ2v) is 8.52. The van der Waals surface area contributed by atoms with E-state index in [1.807, 2.05) is 13.8 Å². The van der Waals surface area contributed by atoms with Crippen molar-refractivity contribution in [1.82, 2.24) is 16.0 Å². The summed E-state index contributed by atoms with van der Waals surface area (Å²) >= 11 is 4.06. The van der Waals surface area contributed by atoms with Gasteiger partial charge in [0.2, 0.25) is 17.7 Å². The Bertz CT molecular complexity index is 677. The van der Waals surface area contributed by atoms with Gasteiger partial charge in [-0.05, 0) is 44.6 Å². The molecule has 0 saturated carbocycles. The van der Waals surface area contributed by atoms with E-state index in [2.05, 4.69) is 28.6 Å². The van der Waals surface area contributed by atoms with Gasteiger partial charge in [0.1, 0.15) is 18.1 Å². The molecule has 0 heterocycles. The molecule has 0 aromatic carbocycles. The summed E-state index contributed by atoms with van der Waals surface area (Å²) in [7, 11) is 0. The summed E-state index contributed by atoms with van der Waals surface area (Å²) in [5, 5.41) is 25.5. The summed E-state index contributed by atoms with van der Waals surface area (Å²) in [5.41, 5.74) is 11.1. The fourth-order valence-corrected chi connectivity index (χ4v) is 3.14. The second-order valence-electron chi connectivity index (χ2n) is 8.16. The van der Waals surface area contributed by atoms with E-state index in [9.17, 15) is 29.1 Å². The number of hydrogen-bond donors (Lipinski definition) is 8. The van der Waals surface area contributed by atoms with Crippen LogP contribution in [0.5, 0.6) is 0 Å². The van der Waals surface area contributed by atoms with Crippen LogP contribution < -0.4 is 27.4 Å². The van der Waals surface area contributed by atoms with Gasteiger partial charge in [-0.1, -0.05) is 13.8 Å². The average Bonchev–Trinajstić information content (AvgIpc) is 2.73. The number of carboxylic acid groups (broad SMARTS) is 2. The third-order valence-corrected chi connectivity index (χ3v) is 5.09. The maximum atomic E-state index is 12.8. The van der Waals surface area contributed by atoms with E-state index in [0.29, 0.717) is 19.4 Å². The number of amides is 3. The molecule has 0 fully saturated rings. The van der Waals surface area contributed by atoms with Crippen LogP contribution in [0.1, 0.15) is 52.4 Å². The van der Waals surface area contributed by atoms with Crippen molar-refractivity contribution in [2.24, 2.45) is 17.4 Å². The number of rotatable bonds is 17. The number of nitrogens with two attached hydrogens (primary N) is 2. The summed E-state index contributed by atoms with van der Waals surface area (Å²) in [5.74, 6) is -4.47. The zero-order valence-corrected chi connectivity index (χ0v) is 20.0. The molecule has 9 N–H and O–H groups in total. The first kappa shape index (κ1) is 30.6. The normalized spacial score (nSPS) is 14.6. The van der Waals surface area contributed by atoms with Crippen molar-refractivity contribution >= 4 is 42.3 Å². The maximum absolute atomic E-state index is 12.8. The molecule has 4 unspecified atom stereocenters. The van der Waals surface area contributed by atoms with E-state index in [1.165, 1.54) is 0 Å². The van der Waals surface area contributed by atoms with Gasteiger partial charge in [-0.15, -0.1) is 0 Å². The van der Waals surface area contributed by atoms with Gasteiger partial charge in [-0.25, -0.2) is 4.79 Å². The molecule has 0 aromatic rings. The van der Waals surface area contributed by atoms with Gasteiger partial charge in [-0.3, -0.25) is 19.2 Å². The summed E-state index contributed by atoms with van der Waals surface area (Å²) in [4.78, 5) is 59.8. The van der Waals surface area contributed by atoms with Gasteiger partial charge >= 0.3 is 11.9 Å². The number of nitrogens with one attached hydrogen (secondary N) is 3. The third-order valence-electron chi connectivity index (χ3n) is 4.72. The Morgan fingerprint density at radius 3 is 1.88 bits per heavy atom. The van der Waals surface area contributed by atoms with Crippen LogP contribution in [0.15, 0.2) is 0 Å². The first-order chi connectivity index (χ1) is 15.4. The maximum Gasteiger partial charge on any atom is 0.326 e. The van der Waals surface area contributed by atoms with Gasteiger partial charge in [0.25, 0.3) is 0 Å². The predicted molar refractivity (Wildman–Crippen MR) is 124 cm³/mol. The van der Waals surface area contributed by atoms with Gasteiger partial charge in [0, 0.05) is 12.2 Å². The van der Waals surface area contributed by atoms with Crippen molar-refractivity contribution in [2.45, 2.75) is 76.5 Å². The Balaban J connectivity index is 5.19. The van der Waals surface area contributed by atoms with E-state index in [-0.39, 0.29) is 37.4 Å². The minimum Gasteiger partial charge on any atom is -0.481 e. The van der Waals surface area contributed by atoms with Crippen LogP contribution in [0.4, 0.5) is 0 Å². The van der Waals surface area contributed by atoms with Crippen LogP contribution in [0, 0.1) is 5.92 Å². The highest BCUT2D eigenvalue weighted by molar-refractivity contribution is 7.80. The first-order valence-electron chi connectivity index (χ1n) is 10.8. The number of aliphatic carboxylic acids is 2. The Labute approximate surface area is 199 Å². The number of hydrogen-bond acceptors (Lipinski definition) is 8. The van der Waals surface area contributed by atoms with Crippen LogP contribution >= 0.6 is 12.6 Å². The standard InChI is InChI=1S/C20H37N5O7S/c1-11(2)9-14(18(29)23-13(20(31)32)5-3-4-8-21)24-19(30)15(10-33)25-17(28)12(22)6-7-16(26)27/h11-15,33H,3-10,21-22H2,1-2H3,(H,23,29)(H,24,30)(H,25,28)(H,26,27)(H,31,32). The van der Waals surface area contributed by atoms with Gasteiger partial charge in [0.05, 0.1) is 6.04 Å². The lowest BCUT2D eigenvalue weighted by Gasteiger charge is -2.25. The predicted octanol–water partition coefficient (Wildman–Crippen LogP) is -1.18. The topological polar surface area (TPSA) is 214 Å². The number of unbranched alkanes of at least 4 members (excludes halogenated alkanes) is 1. The second kappa shape index (κ2) is 16.3. The fourth-order valence-electron chi connectivity index (χ4n) is 2.88. The minimum absolute atomic E-state index is 0.00458. The smallest absolute Gasteiger partial charge is 0.326 e. The molecule has 0 aliphatic carbocycles. The van der Waals surface area contributed by atoms with E-state index in [0.717, 1.165) is 0 Å². The SMILES string of the molecule is CC(C)CC(NC(=O)C(CS)NC(=O)C(N)CCC(=O)O)C(=O)NC(CCCCN)C(=O)O. The molecule has 190 valence electrons. The molecule has 0 radical (unpaired) electrons. The molecular weight excluding hydrogens is 454 g/mol. The van der Waals surface area contributed by atoms with Crippen molar-refractivity contribution in [2.75, 3.05) is 12.3 Å². The molecule has 0 aliphatic rings. The van der Waals surface area contributed by atoms with Gasteiger partial charge in [0.15, 0.2) is 0 Å². The molecule has 0 saturated heterocycles. The van der Waals surface area contributed by atoms with Crippen molar-refractivity contribution in [1.29, 1.82) is 0 Å². The number of thiol groups is 1. The lowest BCUT2D eigenvalue weighted by molar-refractivity contribution is -0.142. The molecule has 0 bridgehead atoms. The van der Waals surface area contributed by atoms with Crippen LogP contribution in [-0.2, 0) is 24.0 Å². The quantitative estimate of drug-likeness (QED) is 0.0906.